The Balaban J connectivity index is 1.56. The summed E-state index contributed by atoms with van der Waals surface area (Å²) in [6.07, 6.45) is -11.0. The van der Waals surface area contributed by atoms with Crippen LogP contribution in [0.1, 0.15) is 37.4 Å². The third-order valence-electron chi connectivity index (χ3n) is 6.87. The van der Waals surface area contributed by atoms with E-state index in [1.165, 1.54) is 0 Å². The number of amides is 2. The molecular formula is C25H25F2N3O11. The highest BCUT2D eigenvalue weighted by Crippen LogP contribution is 2.32. The highest BCUT2D eigenvalue weighted by molar-refractivity contribution is 5.99. The summed E-state index contributed by atoms with van der Waals surface area (Å²) in [4.78, 5) is 52.9. The molecule has 0 radical (unpaired) electrons. The molecule has 2 saturated heterocycles. The summed E-state index contributed by atoms with van der Waals surface area (Å²) in [6, 6.07) is 1.15. The van der Waals surface area contributed by atoms with E-state index in [2.05, 4.69) is 5.32 Å². The van der Waals surface area contributed by atoms with Gasteiger partial charge >= 0.3 is 5.97 Å². The average Bonchev–Trinajstić information content (AvgIpc) is 3.39. The van der Waals surface area contributed by atoms with Gasteiger partial charge in [-0.25, -0.2) is 13.6 Å². The molecule has 3 aliphatic rings. The second-order valence-corrected chi connectivity index (χ2v) is 9.49. The lowest BCUT2D eigenvalue weighted by Gasteiger charge is -2.39. The van der Waals surface area contributed by atoms with Gasteiger partial charge in [-0.15, -0.1) is 0 Å². The summed E-state index contributed by atoms with van der Waals surface area (Å²) in [5.41, 5.74) is -2.76. The number of nitrogens with one attached hydrogen (secondary N) is 1. The molecule has 0 bridgehead atoms. The molecule has 2 amide bonds. The van der Waals surface area contributed by atoms with Gasteiger partial charge in [0, 0.05) is 28.5 Å². The number of rotatable bonds is 6. The van der Waals surface area contributed by atoms with Crippen molar-refractivity contribution in [1.82, 2.24) is 14.8 Å². The predicted molar refractivity (Wildman–Crippen MR) is 129 cm³/mol. The van der Waals surface area contributed by atoms with Crippen LogP contribution in [0.4, 0.5) is 8.78 Å². The highest BCUT2D eigenvalue weighted by atomic mass is 19.1. The maximum atomic E-state index is 14.1. The van der Waals surface area contributed by atoms with Crippen LogP contribution in [0, 0.1) is 11.6 Å². The first-order valence-corrected chi connectivity index (χ1v) is 12.1. The summed E-state index contributed by atoms with van der Waals surface area (Å²) >= 11 is 0. The zero-order valence-electron chi connectivity index (χ0n) is 23.8. The molecule has 7 atom stereocenters. The van der Waals surface area contributed by atoms with Crippen LogP contribution >= 0.6 is 0 Å². The number of aliphatic hydroxyl groups excluding tert-OH is 3. The van der Waals surface area contributed by atoms with E-state index in [0.29, 0.717) is 6.07 Å². The van der Waals surface area contributed by atoms with Crippen LogP contribution in [0.3, 0.4) is 0 Å². The fourth-order valence-corrected chi connectivity index (χ4v) is 4.74. The van der Waals surface area contributed by atoms with Gasteiger partial charge in [0.25, 0.3) is 11.8 Å². The summed E-state index contributed by atoms with van der Waals surface area (Å²) in [5.74, 6) is -6.82. The largest absolute Gasteiger partial charge is 0.479 e. The normalized spacial score (nSPS) is 30.5. The summed E-state index contributed by atoms with van der Waals surface area (Å²) in [6.45, 7) is -3.92. The number of carbonyl (C=O) groups is 3. The van der Waals surface area contributed by atoms with E-state index in [-0.39, 0.29) is 12.1 Å². The maximum Gasteiger partial charge on any atom is 0.335 e. The summed E-state index contributed by atoms with van der Waals surface area (Å²) in [7, 11) is 0. The quantitative estimate of drug-likeness (QED) is 0.266. The minimum atomic E-state index is -2.71. The molecule has 0 saturated carbocycles. The molecule has 16 heteroatoms. The number of hydrogen-bond donors (Lipinski definition) is 5. The standard InChI is InChI=1S/C25H25F2N3O11/c1-9-8-39-14-7-29-6-12(22(35)28-5-10-2-3-11(26)4-13(10)27)16(31)20(15(29)23(36)30(9)14)40-25-19(34)17(32)18(33)21(41-25)24(37)38/h2-4,6,9,14,17-19,21,25,32-34H,5,7-8H2,1H3,(H,28,35)(H,37,38)/t9-,14+,17-,18-,19+,21-,25+/m0/s1/i1D3. The Hall–Kier alpha value is -3.96. The van der Waals surface area contributed by atoms with Gasteiger partial charge in [-0.1, -0.05) is 6.07 Å². The number of benzene rings is 1. The van der Waals surface area contributed by atoms with E-state index in [4.69, 9.17) is 18.3 Å². The molecule has 1 aromatic heterocycles. The van der Waals surface area contributed by atoms with Gasteiger partial charge in [0.2, 0.25) is 11.7 Å². The Morgan fingerprint density at radius 2 is 1.95 bits per heavy atom. The Bertz CT molecular complexity index is 1570. The second-order valence-electron chi connectivity index (χ2n) is 9.49. The molecule has 41 heavy (non-hydrogen) atoms. The van der Waals surface area contributed by atoms with Crippen molar-refractivity contribution >= 4 is 17.8 Å². The van der Waals surface area contributed by atoms with Gasteiger partial charge in [0.15, 0.2) is 23.8 Å². The van der Waals surface area contributed by atoms with Crippen LogP contribution < -0.4 is 15.5 Å². The first-order valence-electron chi connectivity index (χ1n) is 13.6. The van der Waals surface area contributed by atoms with Crippen molar-refractivity contribution in [3.63, 3.8) is 0 Å². The lowest BCUT2D eigenvalue weighted by atomic mass is 9.99. The smallest absolute Gasteiger partial charge is 0.335 e. The molecule has 0 aliphatic carbocycles. The number of carboxylic acids is 1. The summed E-state index contributed by atoms with van der Waals surface area (Å²) in [5, 5.41) is 42.3. The maximum absolute atomic E-state index is 14.1. The number of aliphatic carboxylic acids is 1. The summed E-state index contributed by atoms with van der Waals surface area (Å²) < 4.78 is 67.8. The fraction of sp³-hybridized carbons (Fsp3) is 0.440. The molecule has 220 valence electrons. The number of aromatic nitrogens is 1. The van der Waals surface area contributed by atoms with E-state index in [1.807, 2.05) is 0 Å². The van der Waals surface area contributed by atoms with Crippen LogP contribution in [0.15, 0.2) is 29.2 Å². The highest BCUT2D eigenvalue weighted by Gasteiger charge is 2.50. The number of hydrogen-bond acceptors (Lipinski definition) is 10. The van der Waals surface area contributed by atoms with Crippen molar-refractivity contribution in [2.24, 2.45) is 0 Å². The van der Waals surface area contributed by atoms with Crippen LogP contribution in [0.2, 0.25) is 0 Å². The molecule has 1 aromatic carbocycles. The van der Waals surface area contributed by atoms with E-state index in [1.54, 1.807) is 0 Å². The van der Waals surface area contributed by atoms with Gasteiger partial charge in [0.1, 0.15) is 35.5 Å². The fourth-order valence-electron chi connectivity index (χ4n) is 4.74. The molecule has 0 spiro atoms. The number of carbonyl (C=O) groups excluding carboxylic acids is 2. The number of carboxylic acid groups (broad SMARTS) is 1. The molecule has 4 heterocycles. The van der Waals surface area contributed by atoms with E-state index in [0.717, 1.165) is 27.8 Å². The molecule has 2 aromatic rings. The van der Waals surface area contributed by atoms with Crippen LogP contribution in [0.25, 0.3) is 0 Å². The Morgan fingerprint density at radius 1 is 1.20 bits per heavy atom. The lowest BCUT2D eigenvalue weighted by molar-refractivity contribution is -0.271. The number of fused-ring (bicyclic) bond motifs is 2. The molecule has 14 nitrogen and oxygen atoms in total. The molecule has 0 unspecified atom stereocenters. The van der Waals surface area contributed by atoms with Gasteiger partial charge in [0.05, 0.1) is 19.2 Å². The molecular weight excluding hydrogens is 556 g/mol. The Morgan fingerprint density at radius 3 is 2.63 bits per heavy atom. The SMILES string of the molecule is [2H]C([2H])([2H])[C@H]1CO[C@@H]2Cn3cc(C(=O)NCc4ccc(F)cc4F)c(=O)c(O[C@@H]4O[C@H](C(=O)O)[C@@H](O)[C@H](O)[C@H]4O)c3C(=O)N21. The van der Waals surface area contributed by atoms with Crippen molar-refractivity contribution in [2.75, 3.05) is 6.61 Å². The van der Waals surface area contributed by atoms with Crippen LogP contribution in [0.5, 0.6) is 5.75 Å². The van der Waals surface area contributed by atoms with E-state index in [9.17, 15) is 48.4 Å². The van der Waals surface area contributed by atoms with Crippen molar-refractivity contribution in [1.29, 1.82) is 0 Å². The third-order valence-corrected chi connectivity index (χ3v) is 6.87. The minimum Gasteiger partial charge on any atom is -0.479 e. The van der Waals surface area contributed by atoms with Crippen molar-refractivity contribution in [2.45, 2.75) is 62.9 Å². The molecule has 2 fully saturated rings. The third kappa shape index (κ3) is 5.04. The predicted octanol–water partition coefficient (Wildman–Crippen LogP) is -1.47. The first-order chi connectivity index (χ1) is 20.6. The van der Waals surface area contributed by atoms with Crippen molar-refractivity contribution in [3.05, 3.63) is 63.1 Å². The molecule has 5 N–H and O–H groups in total. The van der Waals surface area contributed by atoms with Gasteiger partial charge in [-0.3, -0.25) is 14.4 Å². The zero-order valence-corrected chi connectivity index (χ0v) is 20.8. The minimum absolute atomic E-state index is 0.138. The number of halogens is 2. The van der Waals surface area contributed by atoms with E-state index >= 15 is 0 Å². The Kier molecular flexibility index (Phi) is 6.53. The van der Waals surface area contributed by atoms with Gasteiger partial charge < -0.3 is 49.4 Å². The first kappa shape index (κ1) is 24.8. The van der Waals surface area contributed by atoms with Gasteiger partial charge in [-0.05, 0) is 12.9 Å². The number of aliphatic hydroxyl groups is 3. The number of pyridine rings is 1. The zero-order chi connectivity index (χ0) is 32.2. The topological polar surface area (TPSA) is 197 Å². The second kappa shape index (κ2) is 10.8. The van der Waals surface area contributed by atoms with Gasteiger partial charge in [-0.2, -0.15) is 0 Å². The Labute approximate surface area is 233 Å². The monoisotopic (exact) mass is 584 g/mol. The van der Waals surface area contributed by atoms with Crippen molar-refractivity contribution < 1.29 is 61.9 Å². The lowest BCUT2D eigenvalue weighted by Crippen LogP contribution is -2.61. The van der Waals surface area contributed by atoms with E-state index < -0.39 is 115 Å². The molecule has 5 rings (SSSR count). The van der Waals surface area contributed by atoms with Crippen molar-refractivity contribution in [3.8, 4) is 5.75 Å². The number of nitrogens with zero attached hydrogens (tertiary/aromatic N) is 2. The van der Waals surface area contributed by atoms with Crippen LogP contribution in [-0.2, 0) is 27.4 Å². The number of ether oxygens (including phenoxy) is 3. The average molecular weight is 584 g/mol. The van der Waals surface area contributed by atoms with Crippen LogP contribution in [-0.4, -0.2) is 97.3 Å². The molecule has 3 aliphatic heterocycles.